The highest BCUT2D eigenvalue weighted by Crippen LogP contribution is 2.41. The Balaban J connectivity index is 1.70. The van der Waals surface area contributed by atoms with E-state index in [4.69, 9.17) is 9.39 Å². The first-order valence-corrected chi connectivity index (χ1v) is 8.63. The van der Waals surface area contributed by atoms with Gasteiger partial charge in [-0.1, -0.05) is 0 Å². The van der Waals surface area contributed by atoms with Crippen LogP contribution in [0.3, 0.4) is 0 Å². The molecule has 3 aliphatic rings. The van der Waals surface area contributed by atoms with Crippen LogP contribution in [0.4, 0.5) is 13.6 Å². The molecular formula is C11H16F2N4O7S. The first-order valence-electron chi connectivity index (χ1n) is 7.26. The van der Waals surface area contributed by atoms with E-state index < -0.39 is 53.3 Å². The van der Waals surface area contributed by atoms with Crippen LogP contribution in [0, 0.1) is 0 Å². The number of piperidine rings is 1. The topological polar surface area (TPSA) is 129 Å². The molecule has 0 aromatic carbocycles. The Kier molecular flexibility index (Phi) is 4.35. The van der Waals surface area contributed by atoms with Crippen molar-refractivity contribution in [3.63, 3.8) is 0 Å². The van der Waals surface area contributed by atoms with Crippen LogP contribution in [0.15, 0.2) is 0 Å². The molecule has 3 heterocycles. The summed E-state index contributed by atoms with van der Waals surface area (Å²) in [6, 6.07) is -4.76. The summed E-state index contributed by atoms with van der Waals surface area (Å²) >= 11 is 0. The summed E-state index contributed by atoms with van der Waals surface area (Å²) in [4.78, 5) is 32.0. The summed E-state index contributed by atoms with van der Waals surface area (Å²) in [7, 11) is -3.34. The van der Waals surface area contributed by atoms with E-state index in [0.717, 1.165) is 4.90 Å². The fourth-order valence-corrected chi connectivity index (χ4v) is 3.38. The lowest BCUT2D eigenvalue weighted by molar-refractivity contribution is -0.166. The number of amides is 3. The number of rotatable bonds is 5. The molecule has 2 bridgehead atoms. The number of fused-ring (bicyclic) bond motifs is 2. The lowest BCUT2D eigenvalue weighted by Crippen LogP contribution is -2.58. The minimum atomic E-state index is -5.17. The number of nitrogens with one attached hydrogen (secondary N) is 1. The predicted molar refractivity (Wildman–Crippen MR) is 74.2 cm³/mol. The van der Waals surface area contributed by atoms with Crippen molar-refractivity contribution in [2.75, 3.05) is 26.7 Å². The summed E-state index contributed by atoms with van der Waals surface area (Å²) in [5, 5.41) is -0.121. The molecule has 3 fully saturated rings. The Hall–Kier alpha value is -1.61. The van der Waals surface area contributed by atoms with Gasteiger partial charge in [-0.15, -0.1) is 4.28 Å². The largest absolute Gasteiger partial charge is 0.418 e. The smallest absolute Gasteiger partial charge is 0.308 e. The maximum absolute atomic E-state index is 14.2. The average Bonchev–Trinajstić information content (AvgIpc) is 2.72. The molecule has 3 amide bonds. The molecule has 0 aliphatic carbocycles. The SMILES string of the molecule is CN1CC(ONC(=O)[C@@H]2CC(F)(F)[C@@H]3CN2C(=O)N3OS(=O)(=O)O)C1. The number of hydrogen-bond donors (Lipinski definition) is 2. The second-order valence-electron chi connectivity index (χ2n) is 6.19. The van der Waals surface area contributed by atoms with Crippen molar-refractivity contribution in [2.24, 2.45) is 0 Å². The van der Waals surface area contributed by atoms with Crippen LogP contribution in [0.1, 0.15) is 6.42 Å². The Morgan fingerprint density at radius 1 is 1.36 bits per heavy atom. The molecule has 3 rings (SSSR count). The van der Waals surface area contributed by atoms with Crippen LogP contribution < -0.4 is 5.48 Å². The van der Waals surface area contributed by atoms with E-state index >= 15 is 0 Å². The molecule has 0 unspecified atom stereocenters. The summed E-state index contributed by atoms with van der Waals surface area (Å²) in [6.45, 7) is 0.481. The van der Waals surface area contributed by atoms with E-state index in [1.165, 1.54) is 0 Å². The van der Waals surface area contributed by atoms with Gasteiger partial charge >= 0.3 is 16.4 Å². The van der Waals surface area contributed by atoms with Crippen LogP contribution in [0.2, 0.25) is 0 Å². The molecule has 2 N–H and O–H groups in total. The Labute approximate surface area is 141 Å². The van der Waals surface area contributed by atoms with Crippen molar-refractivity contribution in [2.45, 2.75) is 30.5 Å². The third-order valence-electron chi connectivity index (χ3n) is 4.25. The van der Waals surface area contributed by atoms with E-state index in [2.05, 4.69) is 9.76 Å². The van der Waals surface area contributed by atoms with E-state index in [-0.39, 0.29) is 11.2 Å². The van der Waals surface area contributed by atoms with Crippen LogP contribution in [-0.4, -0.2) is 90.6 Å². The average molecular weight is 386 g/mol. The third kappa shape index (κ3) is 3.52. The van der Waals surface area contributed by atoms with Gasteiger partial charge in [0.15, 0.2) is 0 Å². The number of carbonyl (C=O) groups excluding carboxylic acids is 2. The number of nitrogens with zero attached hydrogens (tertiary/aromatic N) is 3. The van der Waals surface area contributed by atoms with Gasteiger partial charge in [-0.2, -0.15) is 13.5 Å². The first-order chi connectivity index (χ1) is 11.5. The second kappa shape index (κ2) is 5.98. The van der Waals surface area contributed by atoms with E-state index in [1.54, 1.807) is 0 Å². The molecule has 11 nitrogen and oxygen atoms in total. The zero-order chi connectivity index (χ0) is 18.6. The number of halogens is 2. The maximum Gasteiger partial charge on any atom is 0.418 e. The molecule has 0 saturated carbocycles. The number of likely N-dealkylation sites (N-methyl/N-ethyl adjacent to an activating group) is 1. The van der Waals surface area contributed by atoms with Gasteiger partial charge in [-0.05, 0) is 7.05 Å². The molecule has 25 heavy (non-hydrogen) atoms. The van der Waals surface area contributed by atoms with Crippen molar-refractivity contribution in [1.82, 2.24) is 20.3 Å². The lowest BCUT2D eigenvalue weighted by atomic mass is 9.96. The molecule has 2 atom stereocenters. The lowest BCUT2D eigenvalue weighted by Gasteiger charge is -2.37. The maximum atomic E-state index is 14.2. The first kappa shape index (κ1) is 18.2. The van der Waals surface area contributed by atoms with Gasteiger partial charge in [0.1, 0.15) is 18.2 Å². The number of hydrogen-bond acceptors (Lipinski definition) is 7. The molecule has 0 radical (unpaired) electrons. The van der Waals surface area contributed by atoms with Gasteiger partial charge in [0, 0.05) is 19.5 Å². The Morgan fingerprint density at radius 3 is 2.56 bits per heavy atom. The summed E-state index contributed by atoms with van der Waals surface area (Å²) in [5.74, 6) is -4.55. The van der Waals surface area contributed by atoms with Crippen molar-refractivity contribution in [3.05, 3.63) is 0 Å². The van der Waals surface area contributed by atoms with Gasteiger partial charge in [0.25, 0.3) is 11.8 Å². The fourth-order valence-electron chi connectivity index (χ4n) is 3.01. The van der Waals surface area contributed by atoms with Gasteiger partial charge in [0.2, 0.25) is 0 Å². The minimum absolute atomic E-state index is 0.121. The summed E-state index contributed by atoms with van der Waals surface area (Å²) in [5.41, 5.74) is 2.06. The van der Waals surface area contributed by atoms with Gasteiger partial charge < -0.3 is 9.80 Å². The molecule has 3 saturated heterocycles. The molecule has 0 spiro atoms. The number of likely N-dealkylation sites (tertiary alicyclic amines) is 1. The van der Waals surface area contributed by atoms with E-state index in [0.29, 0.717) is 13.1 Å². The molecule has 142 valence electrons. The molecule has 3 aliphatic heterocycles. The normalized spacial score (nSPS) is 29.7. The number of urea groups is 1. The number of carbonyl (C=O) groups is 2. The highest BCUT2D eigenvalue weighted by Gasteiger charge is 2.62. The second-order valence-corrected chi connectivity index (χ2v) is 7.19. The van der Waals surface area contributed by atoms with E-state index in [1.807, 2.05) is 11.9 Å². The summed E-state index contributed by atoms with van der Waals surface area (Å²) in [6.07, 6.45) is -1.31. The van der Waals surface area contributed by atoms with Gasteiger partial charge in [-0.25, -0.2) is 19.1 Å². The number of alkyl halides is 2. The molecular weight excluding hydrogens is 370 g/mol. The Bertz CT molecular complexity index is 684. The summed E-state index contributed by atoms with van der Waals surface area (Å²) < 4.78 is 62.6. The van der Waals surface area contributed by atoms with Gasteiger partial charge in [0.05, 0.1) is 6.54 Å². The minimum Gasteiger partial charge on any atom is -0.308 e. The van der Waals surface area contributed by atoms with Crippen LogP contribution in [-0.2, 0) is 24.3 Å². The standard InChI is InChI=1S/C11H16F2N4O7S/c1-15-3-6(4-15)23-14-9(18)7-2-11(12,13)8-5-16(7)10(19)17(8)24-25(20,21)22/h6-8H,2-5H2,1H3,(H,14,18)(H,20,21,22)/t7-,8-/m0/s1. The van der Waals surface area contributed by atoms with Crippen LogP contribution in [0.5, 0.6) is 0 Å². The third-order valence-corrected chi connectivity index (χ3v) is 4.60. The molecule has 14 heteroatoms. The monoisotopic (exact) mass is 386 g/mol. The van der Waals surface area contributed by atoms with E-state index in [9.17, 15) is 26.8 Å². The van der Waals surface area contributed by atoms with Gasteiger partial charge in [-0.3, -0.25) is 14.2 Å². The zero-order valence-corrected chi connectivity index (χ0v) is 13.8. The van der Waals surface area contributed by atoms with Crippen LogP contribution >= 0.6 is 0 Å². The highest BCUT2D eigenvalue weighted by molar-refractivity contribution is 7.80. The molecule has 0 aromatic heterocycles. The van der Waals surface area contributed by atoms with Crippen molar-refractivity contribution in [1.29, 1.82) is 0 Å². The number of hydroxylamine groups is 3. The fraction of sp³-hybridized carbons (Fsp3) is 0.818. The Morgan fingerprint density at radius 2 is 2.00 bits per heavy atom. The molecule has 0 aromatic rings. The highest BCUT2D eigenvalue weighted by atomic mass is 32.3. The predicted octanol–water partition coefficient (Wildman–Crippen LogP) is -1.40. The quantitative estimate of drug-likeness (QED) is 0.436. The zero-order valence-electron chi connectivity index (χ0n) is 13.0. The van der Waals surface area contributed by atoms with Crippen molar-refractivity contribution < 1.29 is 40.5 Å². The van der Waals surface area contributed by atoms with Crippen molar-refractivity contribution >= 4 is 22.3 Å². The van der Waals surface area contributed by atoms with Crippen molar-refractivity contribution in [3.8, 4) is 0 Å². The van der Waals surface area contributed by atoms with Crippen LogP contribution in [0.25, 0.3) is 0 Å².